The maximum atomic E-state index is 4.54. The molecule has 1 aromatic heterocycles. The van der Waals surface area contributed by atoms with Crippen LogP contribution in [0.25, 0.3) is 0 Å². The predicted molar refractivity (Wildman–Crippen MR) is 85.8 cm³/mol. The predicted octanol–water partition coefficient (Wildman–Crippen LogP) is 4.87. The number of nitrogens with zero attached hydrogens (tertiary/aromatic N) is 1. The summed E-state index contributed by atoms with van der Waals surface area (Å²) in [5.74, 6) is 1.49. The molecule has 1 rings (SSSR count). The highest BCUT2D eigenvalue weighted by Crippen LogP contribution is 2.26. The van der Waals surface area contributed by atoms with E-state index in [1.165, 1.54) is 28.4 Å². The Bertz CT molecular complexity index is 372. The molecule has 0 fully saturated rings. The average molecular weight is 282 g/mol. The summed E-state index contributed by atoms with van der Waals surface area (Å²) >= 11 is 1.83. The van der Waals surface area contributed by atoms with E-state index in [4.69, 9.17) is 0 Å². The molecule has 1 atom stereocenters. The van der Waals surface area contributed by atoms with Crippen LogP contribution in [0.5, 0.6) is 0 Å². The lowest BCUT2D eigenvalue weighted by Gasteiger charge is -2.26. The van der Waals surface area contributed by atoms with Gasteiger partial charge in [0, 0.05) is 17.0 Å². The molecule has 1 N–H and O–H groups in total. The molecule has 3 heteroatoms. The molecule has 0 aromatic carbocycles. The van der Waals surface area contributed by atoms with Crippen LogP contribution in [-0.2, 0) is 0 Å². The second-order valence-electron chi connectivity index (χ2n) is 6.53. The van der Waals surface area contributed by atoms with Gasteiger partial charge < -0.3 is 5.32 Å². The van der Waals surface area contributed by atoms with Crippen molar-refractivity contribution >= 4 is 11.3 Å². The standard InChI is InChI=1S/C16H30N2S/c1-10(2)8-15(9-11(3)4)18-13(6)16-12(5)17-14(7)19-16/h10-11,13,15,18H,8-9H2,1-7H3. The Kier molecular flexibility index (Phi) is 6.48. The molecule has 0 saturated heterocycles. The van der Waals surface area contributed by atoms with E-state index in [-0.39, 0.29) is 0 Å². The summed E-state index contributed by atoms with van der Waals surface area (Å²) < 4.78 is 0. The number of hydrogen-bond acceptors (Lipinski definition) is 3. The quantitative estimate of drug-likeness (QED) is 0.771. The average Bonchev–Trinajstić information content (AvgIpc) is 2.55. The minimum absolute atomic E-state index is 0.411. The van der Waals surface area contributed by atoms with Crippen LogP contribution in [-0.4, -0.2) is 11.0 Å². The minimum atomic E-state index is 0.411. The Balaban J connectivity index is 2.69. The molecule has 0 spiro atoms. The maximum absolute atomic E-state index is 4.54. The van der Waals surface area contributed by atoms with E-state index in [1.807, 2.05) is 11.3 Å². The van der Waals surface area contributed by atoms with Crippen LogP contribution < -0.4 is 5.32 Å². The van der Waals surface area contributed by atoms with Crippen LogP contribution in [0.3, 0.4) is 0 Å². The summed E-state index contributed by atoms with van der Waals surface area (Å²) in [7, 11) is 0. The van der Waals surface area contributed by atoms with Gasteiger partial charge in [0.15, 0.2) is 0 Å². The van der Waals surface area contributed by atoms with Crippen molar-refractivity contribution in [1.82, 2.24) is 10.3 Å². The van der Waals surface area contributed by atoms with Crippen molar-refractivity contribution in [3.63, 3.8) is 0 Å². The van der Waals surface area contributed by atoms with Crippen molar-refractivity contribution in [2.75, 3.05) is 0 Å². The van der Waals surface area contributed by atoms with E-state index in [9.17, 15) is 0 Å². The van der Waals surface area contributed by atoms with Crippen LogP contribution in [0, 0.1) is 25.7 Å². The molecule has 0 saturated carbocycles. The van der Waals surface area contributed by atoms with E-state index in [0.29, 0.717) is 12.1 Å². The van der Waals surface area contributed by atoms with E-state index in [0.717, 1.165) is 11.8 Å². The van der Waals surface area contributed by atoms with Gasteiger partial charge in [-0.2, -0.15) is 0 Å². The highest BCUT2D eigenvalue weighted by Gasteiger charge is 2.19. The highest BCUT2D eigenvalue weighted by molar-refractivity contribution is 7.11. The topological polar surface area (TPSA) is 24.9 Å². The molecule has 0 aliphatic rings. The van der Waals surface area contributed by atoms with E-state index < -0.39 is 0 Å². The van der Waals surface area contributed by atoms with Gasteiger partial charge in [0.05, 0.1) is 10.7 Å². The number of nitrogens with one attached hydrogen (secondary N) is 1. The lowest BCUT2D eigenvalue weighted by molar-refractivity contribution is 0.336. The molecule has 0 aliphatic carbocycles. The zero-order valence-electron chi connectivity index (χ0n) is 13.6. The molecule has 1 unspecified atom stereocenters. The largest absolute Gasteiger partial charge is 0.307 e. The summed E-state index contributed by atoms with van der Waals surface area (Å²) in [6.45, 7) is 15.7. The number of aryl methyl sites for hydroxylation is 2. The third kappa shape index (κ3) is 5.62. The summed E-state index contributed by atoms with van der Waals surface area (Å²) in [6.07, 6.45) is 2.50. The first-order valence-electron chi connectivity index (χ1n) is 7.49. The number of rotatable bonds is 7. The molecule has 1 heterocycles. The van der Waals surface area contributed by atoms with Crippen LogP contribution in [0.4, 0.5) is 0 Å². The first-order valence-corrected chi connectivity index (χ1v) is 8.31. The van der Waals surface area contributed by atoms with Crippen LogP contribution >= 0.6 is 11.3 Å². The molecule has 110 valence electrons. The third-order valence-electron chi connectivity index (χ3n) is 3.33. The highest BCUT2D eigenvalue weighted by atomic mass is 32.1. The Hall–Kier alpha value is -0.410. The van der Waals surface area contributed by atoms with Crippen LogP contribution in [0.1, 0.15) is 69.1 Å². The van der Waals surface area contributed by atoms with Crippen molar-refractivity contribution in [2.45, 2.75) is 73.4 Å². The number of hydrogen-bond donors (Lipinski definition) is 1. The summed E-state index contributed by atoms with van der Waals surface area (Å²) in [4.78, 5) is 5.94. The number of thiazole rings is 1. The fraction of sp³-hybridized carbons (Fsp3) is 0.812. The molecule has 0 bridgehead atoms. The second kappa shape index (κ2) is 7.39. The van der Waals surface area contributed by atoms with Gasteiger partial charge in [0.25, 0.3) is 0 Å². The van der Waals surface area contributed by atoms with Gasteiger partial charge in [-0.15, -0.1) is 11.3 Å². The Labute approximate surface area is 123 Å². The molecule has 0 radical (unpaired) electrons. The van der Waals surface area contributed by atoms with Gasteiger partial charge in [-0.05, 0) is 45.4 Å². The van der Waals surface area contributed by atoms with Gasteiger partial charge in [0.2, 0.25) is 0 Å². The normalized spacial score (nSPS) is 13.8. The number of aromatic nitrogens is 1. The molecular formula is C16H30N2S. The summed E-state index contributed by atoms with van der Waals surface area (Å²) in [6, 6.07) is 1.02. The Morgan fingerprint density at radius 2 is 1.53 bits per heavy atom. The molecule has 0 aliphatic heterocycles. The minimum Gasteiger partial charge on any atom is -0.307 e. The van der Waals surface area contributed by atoms with Crippen LogP contribution in [0.15, 0.2) is 0 Å². The van der Waals surface area contributed by atoms with E-state index in [2.05, 4.69) is 58.8 Å². The maximum Gasteiger partial charge on any atom is 0.0900 e. The first-order chi connectivity index (χ1) is 8.79. The van der Waals surface area contributed by atoms with Crippen molar-refractivity contribution in [3.8, 4) is 0 Å². The SMILES string of the molecule is Cc1nc(C)c(C(C)NC(CC(C)C)CC(C)C)s1. The summed E-state index contributed by atoms with van der Waals surface area (Å²) in [5.41, 5.74) is 1.19. The van der Waals surface area contributed by atoms with E-state index in [1.54, 1.807) is 0 Å². The fourth-order valence-corrected chi connectivity index (χ4v) is 3.69. The summed E-state index contributed by atoms with van der Waals surface area (Å²) in [5, 5.41) is 4.99. The van der Waals surface area contributed by atoms with Gasteiger partial charge >= 0.3 is 0 Å². The van der Waals surface area contributed by atoms with Gasteiger partial charge in [-0.25, -0.2) is 4.98 Å². The van der Waals surface area contributed by atoms with Crippen molar-refractivity contribution in [3.05, 3.63) is 15.6 Å². The Morgan fingerprint density at radius 3 is 1.89 bits per heavy atom. The lowest BCUT2D eigenvalue weighted by Crippen LogP contribution is -2.33. The van der Waals surface area contributed by atoms with Crippen molar-refractivity contribution in [2.24, 2.45) is 11.8 Å². The first kappa shape index (κ1) is 16.6. The second-order valence-corrected chi connectivity index (χ2v) is 7.76. The van der Waals surface area contributed by atoms with Crippen molar-refractivity contribution in [1.29, 1.82) is 0 Å². The van der Waals surface area contributed by atoms with Gasteiger partial charge in [-0.1, -0.05) is 27.7 Å². The van der Waals surface area contributed by atoms with Gasteiger partial charge in [-0.3, -0.25) is 0 Å². The van der Waals surface area contributed by atoms with Crippen molar-refractivity contribution < 1.29 is 0 Å². The zero-order valence-corrected chi connectivity index (χ0v) is 14.4. The molecule has 1 aromatic rings. The molecular weight excluding hydrogens is 252 g/mol. The lowest BCUT2D eigenvalue weighted by atomic mass is 9.95. The zero-order chi connectivity index (χ0) is 14.6. The molecule has 19 heavy (non-hydrogen) atoms. The monoisotopic (exact) mass is 282 g/mol. The van der Waals surface area contributed by atoms with Gasteiger partial charge in [0.1, 0.15) is 0 Å². The molecule has 0 amide bonds. The Morgan fingerprint density at radius 1 is 1.00 bits per heavy atom. The van der Waals surface area contributed by atoms with Crippen LogP contribution in [0.2, 0.25) is 0 Å². The molecule has 2 nitrogen and oxygen atoms in total. The fourth-order valence-electron chi connectivity index (χ4n) is 2.75. The van der Waals surface area contributed by atoms with E-state index >= 15 is 0 Å². The smallest absolute Gasteiger partial charge is 0.0900 e. The third-order valence-corrected chi connectivity index (χ3v) is 4.59.